The second-order valence-corrected chi connectivity index (χ2v) is 5.70. The van der Waals surface area contributed by atoms with Crippen molar-refractivity contribution in [2.45, 2.75) is 26.1 Å². The van der Waals surface area contributed by atoms with Gasteiger partial charge in [-0.3, -0.25) is 4.79 Å². The zero-order valence-corrected chi connectivity index (χ0v) is 13.1. The van der Waals surface area contributed by atoms with E-state index >= 15 is 0 Å². The van der Waals surface area contributed by atoms with Gasteiger partial charge >= 0.3 is 5.97 Å². The first-order chi connectivity index (χ1) is 11.0. The zero-order valence-electron chi connectivity index (χ0n) is 13.1. The Bertz CT molecular complexity index is 607. The minimum Gasteiger partial charge on any atom is -0.454 e. The SMILES string of the molecule is C[C@@H]1CN(C(=O)COC(=O)c2ccc3c(c2)OCO3)C[C@@H](C)O1. The van der Waals surface area contributed by atoms with Crippen LogP contribution in [0.3, 0.4) is 0 Å². The maximum Gasteiger partial charge on any atom is 0.338 e. The van der Waals surface area contributed by atoms with E-state index in [2.05, 4.69) is 0 Å². The molecule has 0 saturated carbocycles. The monoisotopic (exact) mass is 321 g/mol. The molecular formula is C16H19NO6. The molecule has 23 heavy (non-hydrogen) atoms. The Kier molecular flexibility index (Phi) is 4.38. The van der Waals surface area contributed by atoms with Crippen LogP contribution >= 0.6 is 0 Å². The Balaban J connectivity index is 1.55. The molecule has 3 rings (SSSR count). The van der Waals surface area contributed by atoms with Gasteiger partial charge in [0, 0.05) is 13.1 Å². The van der Waals surface area contributed by atoms with Gasteiger partial charge in [-0.15, -0.1) is 0 Å². The van der Waals surface area contributed by atoms with Crippen LogP contribution in [0.25, 0.3) is 0 Å². The average molecular weight is 321 g/mol. The molecular weight excluding hydrogens is 302 g/mol. The van der Waals surface area contributed by atoms with Crippen LogP contribution < -0.4 is 9.47 Å². The van der Waals surface area contributed by atoms with Crippen LogP contribution in [-0.4, -0.2) is 55.5 Å². The molecule has 1 saturated heterocycles. The number of rotatable bonds is 3. The van der Waals surface area contributed by atoms with Gasteiger partial charge in [0.15, 0.2) is 18.1 Å². The van der Waals surface area contributed by atoms with E-state index < -0.39 is 5.97 Å². The average Bonchev–Trinajstić information content (AvgIpc) is 2.98. The van der Waals surface area contributed by atoms with E-state index in [4.69, 9.17) is 18.9 Å². The van der Waals surface area contributed by atoms with Gasteiger partial charge in [0.05, 0.1) is 17.8 Å². The van der Waals surface area contributed by atoms with Crippen LogP contribution in [0.1, 0.15) is 24.2 Å². The van der Waals surface area contributed by atoms with Crippen LogP contribution in [0.2, 0.25) is 0 Å². The molecule has 1 aromatic carbocycles. The first-order valence-corrected chi connectivity index (χ1v) is 7.53. The number of morpholine rings is 1. The standard InChI is InChI=1S/C16H19NO6/c1-10-6-17(7-11(2)23-10)15(18)8-20-16(19)12-3-4-13-14(5-12)22-9-21-13/h3-5,10-11H,6-9H2,1-2H3/t10-,11-/m1/s1. The first-order valence-electron chi connectivity index (χ1n) is 7.53. The van der Waals surface area contributed by atoms with Crippen molar-refractivity contribution in [3.63, 3.8) is 0 Å². The molecule has 0 radical (unpaired) electrons. The number of benzene rings is 1. The lowest BCUT2D eigenvalue weighted by Gasteiger charge is -2.35. The van der Waals surface area contributed by atoms with Crippen LogP contribution in [0.15, 0.2) is 18.2 Å². The molecule has 2 heterocycles. The van der Waals surface area contributed by atoms with Crippen molar-refractivity contribution in [3.8, 4) is 11.5 Å². The fourth-order valence-electron chi connectivity index (χ4n) is 2.71. The number of fused-ring (bicyclic) bond motifs is 1. The topological polar surface area (TPSA) is 74.3 Å². The van der Waals surface area contributed by atoms with Crippen molar-refractivity contribution in [1.29, 1.82) is 0 Å². The predicted octanol–water partition coefficient (Wildman–Crippen LogP) is 1.21. The van der Waals surface area contributed by atoms with E-state index in [9.17, 15) is 9.59 Å². The summed E-state index contributed by atoms with van der Waals surface area (Å²) in [5.74, 6) is 0.308. The van der Waals surface area contributed by atoms with E-state index in [-0.39, 0.29) is 31.5 Å². The van der Waals surface area contributed by atoms with Gasteiger partial charge in [-0.25, -0.2) is 4.79 Å². The van der Waals surface area contributed by atoms with Gasteiger partial charge in [0.25, 0.3) is 5.91 Å². The second-order valence-electron chi connectivity index (χ2n) is 5.70. The lowest BCUT2D eigenvalue weighted by Crippen LogP contribution is -2.49. The summed E-state index contributed by atoms with van der Waals surface area (Å²) in [5, 5.41) is 0. The van der Waals surface area contributed by atoms with Gasteiger partial charge in [-0.05, 0) is 32.0 Å². The van der Waals surface area contributed by atoms with Crippen molar-refractivity contribution in [3.05, 3.63) is 23.8 Å². The molecule has 0 aliphatic carbocycles. The van der Waals surface area contributed by atoms with Crippen molar-refractivity contribution < 1.29 is 28.5 Å². The van der Waals surface area contributed by atoms with Gasteiger partial charge in [0.1, 0.15) is 0 Å². The minimum absolute atomic E-state index is 0.0211. The molecule has 2 aliphatic heterocycles. The number of carbonyl (C=O) groups is 2. The summed E-state index contributed by atoms with van der Waals surface area (Å²) in [6.07, 6.45) is -0.0421. The largest absolute Gasteiger partial charge is 0.454 e. The molecule has 0 N–H and O–H groups in total. The second kappa shape index (κ2) is 6.45. The lowest BCUT2D eigenvalue weighted by atomic mass is 10.2. The van der Waals surface area contributed by atoms with Crippen molar-refractivity contribution in [1.82, 2.24) is 4.90 Å². The van der Waals surface area contributed by atoms with Gasteiger partial charge in [-0.2, -0.15) is 0 Å². The maximum atomic E-state index is 12.2. The summed E-state index contributed by atoms with van der Waals surface area (Å²) < 4.78 is 21.1. The molecule has 1 amide bonds. The highest BCUT2D eigenvalue weighted by molar-refractivity contribution is 5.92. The number of ether oxygens (including phenoxy) is 4. The third kappa shape index (κ3) is 3.56. The summed E-state index contributed by atoms with van der Waals surface area (Å²) >= 11 is 0. The lowest BCUT2D eigenvalue weighted by molar-refractivity contribution is -0.146. The summed E-state index contributed by atoms with van der Waals surface area (Å²) in [6, 6.07) is 4.78. The molecule has 0 spiro atoms. The predicted molar refractivity (Wildman–Crippen MR) is 79.4 cm³/mol. The van der Waals surface area contributed by atoms with Crippen LogP contribution in [-0.2, 0) is 14.3 Å². The van der Waals surface area contributed by atoms with E-state index in [1.165, 1.54) is 0 Å². The van der Waals surface area contributed by atoms with E-state index in [1.54, 1.807) is 23.1 Å². The smallest absolute Gasteiger partial charge is 0.338 e. The quantitative estimate of drug-likeness (QED) is 0.779. The Hall–Kier alpha value is -2.28. The summed E-state index contributed by atoms with van der Waals surface area (Å²) in [6.45, 7) is 4.69. The molecule has 0 unspecified atom stereocenters. The van der Waals surface area contributed by atoms with Gasteiger partial charge < -0.3 is 23.8 Å². The molecule has 2 aliphatic rings. The summed E-state index contributed by atoms with van der Waals surface area (Å²) in [7, 11) is 0. The number of esters is 1. The number of hydrogen-bond acceptors (Lipinski definition) is 6. The molecule has 124 valence electrons. The van der Waals surface area contributed by atoms with Gasteiger partial charge in [0.2, 0.25) is 6.79 Å². The highest BCUT2D eigenvalue weighted by Gasteiger charge is 2.26. The Labute approximate surface area is 134 Å². The van der Waals surface area contributed by atoms with Crippen molar-refractivity contribution in [2.24, 2.45) is 0 Å². The highest BCUT2D eigenvalue weighted by atomic mass is 16.7. The Morgan fingerprint density at radius 1 is 1.17 bits per heavy atom. The van der Waals surface area contributed by atoms with Crippen LogP contribution in [0.5, 0.6) is 11.5 Å². The fraction of sp³-hybridized carbons (Fsp3) is 0.500. The third-order valence-corrected chi connectivity index (χ3v) is 3.71. The number of nitrogens with zero attached hydrogens (tertiary/aromatic N) is 1. The first kappa shape index (κ1) is 15.6. The number of carbonyl (C=O) groups excluding carboxylic acids is 2. The Morgan fingerprint density at radius 3 is 2.61 bits per heavy atom. The molecule has 1 fully saturated rings. The minimum atomic E-state index is -0.564. The molecule has 7 nitrogen and oxygen atoms in total. The number of hydrogen-bond donors (Lipinski definition) is 0. The normalized spacial score (nSPS) is 22.8. The maximum absolute atomic E-state index is 12.2. The summed E-state index contributed by atoms with van der Waals surface area (Å²) in [5.41, 5.74) is 0.325. The van der Waals surface area contributed by atoms with Crippen LogP contribution in [0.4, 0.5) is 0 Å². The van der Waals surface area contributed by atoms with E-state index in [1.807, 2.05) is 13.8 Å². The third-order valence-electron chi connectivity index (χ3n) is 3.71. The Morgan fingerprint density at radius 2 is 1.87 bits per heavy atom. The van der Waals surface area contributed by atoms with Crippen LogP contribution in [0, 0.1) is 0 Å². The number of amides is 1. The fourth-order valence-corrected chi connectivity index (χ4v) is 2.71. The summed E-state index contributed by atoms with van der Waals surface area (Å²) in [4.78, 5) is 25.9. The molecule has 7 heteroatoms. The molecule has 2 atom stereocenters. The molecule has 1 aromatic rings. The van der Waals surface area contributed by atoms with Crippen molar-refractivity contribution >= 4 is 11.9 Å². The molecule has 0 aromatic heterocycles. The van der Waals surface area contributed by atoms with E-state index in [0.29, 0.717) is 30.2 Å². The van der Waals surface area contributed by atoms with E-state index in [0.717, 1.165) is 0 Å². The molecule has 0 bridgehead atoms. The van der Waals surface area contributed by atoms with Crippen molar-refractivity contribution in [2.75, 3.05) is 26.5 Å². The zero-order chi connectivity index (χ0) is 16.4. The highest BCUT2D eigenvalue weighted by Crippen LogP contribution is 2.32. The van der Waals surface area contributed by atoms with Gasteiger partial charge in [-0.1, -0.05) is 0 Å².